The molecule has 2 aromatic carbocycles. The standard InChI is InChI=1S/C18H13FN2O5S/c1-3-8-21-18(23)13-6-4-11(9-16(13)27(21,24)25)17(22)20-14-7-5-12(19)10-15(14)26-2/h1,4-7,9-10H,8H2,2H3,(H,20,22). The van der Waals surface area contributed by atoms with Gasteiger partial charge >= 0.3 is 0 Å². The molecule has 0 bridgehead atoms. The average molecular weight is 388 g/mol. The molecule has 0 atom stereocenters. The SMILES string of the molecule is C#CCN1C(=O)c2ccc(C(=O)Nc3ccc(F)cc3OC)cc2S1(=O)=O. The summed E-state index contributed by atoms with van der Waals surface area (Å²) >= 11 is 0. The number of anilines is 1. The van der Waals surface area contributed by atoms with Gasteiger partial charge in [-0.15, -0.1) is 6.42 Å². The van der Waals surface area contributed by atoms with Gasteiger partial charge in [-0.1, -0.05) is 5.92 Å². The molecule has 0 saturated carbocycles. The van der Waals surface area contributed by atoms with Crippen LogP contribution in [0.3, 0.4) is 0 Å². The van der Waals surface area contributed by atoms with E-state index in [1.807, 2.05) is 0 Å². The first-order valence-corrected chi connectivity index (χ1v) is 9.03. The van der Waals surface area contributed by atoms with E-state index in [1.165, 1.54) is 25.3 Å². The molecule has 0 fully saturated rings. The Bertz CT molecular complexity index is 1110. The van der Waals surface area contributed by atoms with Crippen molar-refractivity contribution in [3.8, 4) is 18.1 Å². The van der Waals surface area contributed by atoms with E-state index >= 15 is 0 Å². The molecule has 0 spiro atoms. The highest BCUT2D eigenvalue weighted by atomic mass is 32.2. The van der Waals surface area contributed by atoms with Gasteiger partial charge in [0, 0.05) is 11.6 Å². The monoisotopic (exact) mass is 388 g/mol. The third-order valence-corrected chi connectivity index (χ3v) is 5.68. The van der Waals surface area contributed by atoms with Crippen molar-refractivity contribution in [3.63, 3.8) is 0 Å². The summed E-state index contributed by atoms with van der Waals surface area (Å²) in [6.45, 7) is -0.399. The van der Waals surface area contributed by atoms with Gasteiger partial charge in [-0.25, -0.2) is 17.1 Å². The van der Waals surface area contributed by atoms with E-state index in [4.69, 9.17) is 11.2 Å². The first kappa shape index (κ1) is 18.4. The number of carbonyl (C=O) groups is 2. The molecule has 1 aliphatic heterocycles. The summed E-state index contributed by atoms with van der Waals surface area (Å²) in [4.78, 5) is 24.4. The Hall–Kier alpha value is -3.38. The van der Waals surface area contributed by atoms with E-state index in [2.05, 4.69) is 11.2 Å². The molecule has 1 N–H and O–H groups in total. The molecule has 1 heterocycles. The van der Waals surface area contributed by atoms with Gasteiger partial charge in [0.1, 0.15) is 16.5 Å². The third kappa shape index (κ3) is 3.11. The summed E-state index contributed by atoms with van der Waals surface area (Å²) in [5, 5.41) is 2.51. The molecule has 3 rings (SSSR count). The van der Waals surface area contributed by atoms with Crippen LogP contribution >= 0.6 is 0 Å². The van der Waals surface area contributed by atoms with Gasteiger partial charge in [-0.3, -0.25) is 9.59 Å². The van der Waals surface area contributed by atoms with Gasteiger partial charge in [0.15, 0.2) is 0 Å². The number of carbonyl (C=O) groups excluding carboxylic acids is 2. The highest BCUT2D eigenvalue weighted by molar-refractivity contribution is 7.90. The first-order valence-electron chi connectivity index (χ1n) is 7.59. The number of benzene rings is 2. The quantitative estimate of drug-likeness (QED) is 0.807. The lowest BCUT2D eigenvalue weighted by Gasteiger charge is -2.11. The second-order valence-corrected chi connectivity index (χ2v) is 7.36. The Kier molecular flexibility index (Phi) is 4.59. The number of nitrogens with one attached hydrogen (secondary N) is 1. The summed E-state index contributed by atoms with van der Waals surface area (Å²) in [5.74, 6) is 0.290. The Balaban J connectivity index is 1.95. The van der Waals surface area contributed by atoms with E-state index in [1.54, 1.807) is 0 Å². The minimum Gasteiger partial charge on any atom is -0.494 e. The summed E-state index contributed by atoms with van der Waals surface area (Å²) in [6, 6.07) is 7.22. The van der Waals surface area contributed by atoms with Crippen LogP contribution in [0.4, 0.5) is 10.1 Å². The second-order valence-electron chi connectivity index (χ2n) is 5.53. The number of hydrogen-bond acceptors (Lipinski definition) is 5. The molecule has 0 unspecified atom stereocenters. The van der Waals surface area contributed by atoms with Crippen molar-refractivity contribution in [2.75, 3.05) is 19.0 Å². The van der Waals surface area contributed by atoms with Gasteiger partial charge in [-0.05, 0) is 30.3 Å². The lowest BCUT2D eigenvalue weighted by molar-refractivity contribution is 0.0881. The number of amides is 2. The van der Waals surface area contributed by atoms with Crippen molar-refractivity contribution < 1.29 is 27.1 Å². The highest BCUT2D eigenvalue weighted by Crippen LogP contribution is 2.31. The molecular formula is C18H13FN2O5S. The molecule has 9 heteroatoms. The van der Waals surface area contributed by atoms with E-state index in [0.717, 1.165) is 18.2 Å². The summed E-state index contributed by atoms with van der Waals surface area (Å²) < 4.78 is 43.8. The number of sulfonamides is 1. The van der Waals surface area contributed by atoms with Crippen LogP contribution < -0.4 is 10.1 Å². The van der Waals surface area contributed by atoms with E-state index in [0.29, 0.717) is 4.31 Å². The molecule has 0 radical (unpaired) electrons. The van der Waals surface area contributed by atoms with Crippen LogP contribution in [-0.2, 0) is 10.0 Å². The zero-order valence-corrected chi connectivity index (χ0v) is 14.8. The predicted molar refractivity (Wildman–Crippen MR) is 94.4 cm³/mol. The number of halogens is 1. The van der Waals surface area contributed by atoms with Crippen LogP contribution in [0.15, 0.2) is 41.3 Å². The lowest BCUT2D eigenvalue weighted by atomic mass is 10.1. The molecule has 1 aliphatic rings. The van der Waals surface area contributed by atoms with E-state index < -0.39 is 34.2 Å². The summed E-state index contributed by atoms with van der Waals surface area (Å²) in [6.07, 6.45) is 5.12. The molecular weight excluding hydrogens is 375 g/mol. The highest BCUT2D eigenvalue weighted by Gasteiger charge is 2.41. The van der Waals surface area contributed by atoms with Crippen molar-refractivity contribution in [2.24, 2.45) is 0 Å². The maximum Gasteiger partial charge on any atom is 0.269 e. The van der Waals surface area contributed by atoms with Crippen LogP contribution in [0.5, 0.6) is 5.75 Å². The zero-order valence-electron chi connectivity index (χ0n) is 14.0. The van der Waals surface area contributed by atoms with Gasteiger partial charge < -0.3 is 10.1 Å². The fourth-order valence-electron chi connectivity index (χ4n) is 2.62. The lowest BCUT2D eigenvalue weighted by Crippen LogP contribution is -2.30. The number of fused-ring (bicyclic) bond motifs is 1. The first-order chi connectivity index (χ1) is 12.8. The maximum atomic E-state index is 13.3. The number of ether oxygens (including phenoxy) is 1. The van der Waals surface area contributed by atoms with Crippen LogP contribution in [-0.4, -0.2) is 38.2 Å². The number of terminal acetylenes is 1. The topological polar surface area (TPSA) is 92.8 Å². The largest absolute Gasteiger partial charge is 0.494 e. The Morgan fingerprint density at radius 2 is 2.04 bits per heavy atom. The van der Waals surface area contributed by atoms with Gasteiger partial charge in [-0.2, -0.15) is 0 Å². The van der Waals surface area contributed by atoms with Crippen molar-refractivity contribution in [2.45, 2.75) is 4.90 Å². The van der Waals surface area contributed by atoms with Crippen LogP contribution in [0, 0.1) is 18.2 Å². The van der Waals surface area contributed by atoms with Crippen molar-refractivity contribution >= 4 is 27.5 Å². The fourth-order valence-corrected chi connectivity index (χ4v) is 4.13. The molecule has 2 amide bonds. The number of hydrogen-bond donors (Lipinski definition) is 1. The maximum absolute atomic E-state index is 13.3. The third-order valence-electron chi connectivity index (χ3n) is 3.92. The van der Waals surface area contributed by atoms with Crippen LogP contribution in [0.1, 0.15) is 20.7 Å². The fraction of sp³-hybridized carbons (Fsp3) is 0.111. The normalized spacial score (nSPS) is 14.4. The smallest absolute Gasteiger partial charge is 0.269 e. The molecule has 7 nitrogen and oxygen atoms in total. The van der Waals surface area contributed by atoms with E-state index in [9.17, 15) is 22.4 Å². The van der Waals surface area contributed by atoms with Crippen molar-refractivity contribution in [1.82, 2.24) is 4.31 Å². The number of nitrogens with zero attached hydrogens (tertiary/aromatic N) is 1. The Morgan fingerprint density at radius 1 is 1.30 bits per heavy atom. The Labute approximate surface area is 154 Å². The van der Waals surface area contributed by atoms with Gasteiger partial charge in [0.25, 0.3) is 21.8 Å². The summed E-state index contributed by atoms with van der Waals surface area (Å²) in [5.41, 5.74) is 0.150. The molecule has 0 aromatic heterocycles. The molecule has 0 saturated heterocycles. The molecule has 2 aromatic rings. The number of methoxy groups -OCH3 is 1. The molecule has 138 valence electrons. The molecule has 0 aliphatic carbocycles. The number of rotatable bonds is 4. The van der Waals surface area contributed by atoms with Crippen LogP contribution in [0.2, 0.25) is 0 Å². The van der Waals surface area contributed by atoms with E-state index in [-0.39, 0.29) is 27.5 Å². The van der Waals surface area contributed by atoms with Crippen molar-refractivity contribution in [1.29, 1.82) is 0 Å². The predicted octanol–water partition coefficient (Wildman–Crippen LogP) is 1.86. The Morgan fingerprint density at radius 3 is 2.70 bits per heavy atom. The minimum absolute atomic E-state index is 0.000870. The average Bonchev–Trinajstić information content (AvgIpc) is 2.83. The zero-order chi connectivity index (χ0) is 19.8. The second kappa shape index (κ2) is 6.74. The van der Waals surface area contributed by atoms with Gasteiger partial charge in [0.05, 0.1) is 24.9 Å². The summed E-state index contributed by atoms with van der Waals surface area (Å²) in [7, 11) is -2.80. The minimum atomic E-state index is -4.12. The van der Waals surface area contributed by atoms with Gasteiger partial charge in [0.2, 0.25) is 0 Å². The van der Waals surface area contributed by atoms with Crippen molar-refractivity contribution in [3.05, 3.63) is 53.3 Å². The molecule has 27 heavy (non-hydrogen) atoms. The van der Waals surface area contributed by atoms with Crippen LogP contribution in [0.25, 0.3) is 0 Å².